The van der Waals surface area contributed by atoms with E-state index in [0.29, 0.717) is 30.0 Å². The maximum atomic E-state index is 13.2. The van der Waals surface area contributed by atoms with Crippen molar-refractivity contribution in [3.63, 3.8) is 0 Å². The van der Waals surface area contributed by atoms with E-state index in [1.54, 1.807) is 21.9 Å². The van der Waals surface area contributed by atoms with E-state index in [4.69, 9.17) is 0 Å². The van der Waals surface area contributed by atoms with E-state index in [1.807, 2.05) is 24.0 Å². The summed E-state index contributed by atoms with van der Waals surface area (Å²) in [7, 11) is 0. The summed E-state index contributed by atoms with van der Waals surface area (Å²) in [5.74, 6) is 0.470. The molecule has 0 spiro atoms. The van der Waals surface area contributed by atoms with Gasteiger partial charge in [0.1, 0.15) is 12.2 Å². The summed E-state index contributed by atoms with van der Waals surface area (Å²) in [5.41, 5.74) is 0.402. The molecule has 0 bridgehead atoms. The van der Waals surface area contributed by atoms with E-state index < -0.39 is 5.66 Å². The number of piperidine rings is 1. The Labute approximate surface area is 153 Å². The number of likely N-dealkylation sites (tertiary alicyclic amines) is 1. The zero-order valence-electron chi connectivity index (χ0n) is 15.4. The molecule has 0 N–H and O–H groups in total. The second-order valence-corrected chi connectivity index (χ2v) is 7.92. The Bertz CT molecular complexity index is 769. The highest BCUT2D eigenvalue weighted by Gasteiger charge is 2.53. The van der Waals surface area contributed by atoms with Crippen molar-refractivity contribution in [2.75, 3.05) is 24.5 Å². The molecule has 2 fully saturated rings. The van der Waals surface area contributed by atoms with Crippen LogP contribution in [0.4, 0.5) is 5.69 Å². The van der Waals surface area contributed by atoms with Crippen LogP contribution in [-0.4, -0.2) is 52.8 Å². The first kappa shape index (κ1) is 17.1. The van der Waals surface area contributed by atoms with Gasteiger partial charge in [-0.2, -0.15) is 0 Å². The second kappa shape index (κ2) is 6.11. The van der Waals surface area contributed by atoms with Gasteiger partial charge in [-0.3, -0.25) is 19.3 Å². The lowest BCUT2D eigenvalue weighted by Crippen LogP contribution is -2.64. The molecule has 3 heterocycles. The van der Waals surface area contributed by atoms with Gasteiger partial charge >= 0.3 is 0 Å². The van der Waals surface area contributed by atoms with E-state index in [0.717, 1.165) is 25.9 Å². The summed E-state index contributed by atoms with van der Waals surface area (Å²) in [6.07, 6.45) is 2.95. The van der Waals surface area contributed by atoms with Gasteiger partial charge in [-0.1, -0.05) is 19.1 Å². The van der Waals surface area contributed by atoms with Crippen molar-refractivity contribution < 1.29 is 14.4 Å². The molecule has 3 amide bonds. The zero-order valence-corrected chi connectivity index (χ0v) is 15.4. The third-order valence-electron chi connectivity index (χ3n) is 6.18. The van der Waals surface area contributed by atoms with Gasteiger partial charge in [-0.05, 0) is 44.2 Å². The molecule has 4 rings (SSSR count). The smallest absolute Gasteiger partial charge is 0.258 e. The number of nitrogens with zero attached hydrogens (tertiary/aromatic N) is 3. The quantitative estimate of drug-likeness (QED) is 0.817. The molecule has 2 saturated heterocycles. The third kappa shape index (κ3) is 2.50. The number of benzene rings is 1. The highest BCUT2D eigenvalue weighted by molar-refractivity contribution is 6.11. The number of hydrogen-bond donors (Lipinski definition) is 0. The minimum absolute atomic E-state index is 0.0108. The number of hydrogen-bond acceptors (Lipinski definition) is 3. The van der Waals surface area contributed by atoms with Crippen molar-refractivity contribution in [1.29, 1.82) is 0 Å². The summed E-state index contributed by atoms with van der Waals surface area (Å²) < 4.78 is 0. The maximum absolute atomic E-state index is 13.2. The predicted molar refractivity (Wildman–Crippen MR) is 97.6 cm³/mol. The van der Waals surface area contributed by atoms with E-state index in [-0.39, 0.29) is 24.3 Å². The Morgan fingerprint density at radius 3 is 2.62 bits per heavy atom. The zero-order chi connectivity index (χ0) is 18.5. The van der Waals surface area contributed by atoms with Crippen LogP contribution in [0.15, 0.2) is 24.3 Å². The van der Waals surface area contributed by atoms with E-state index >= 15 is 0 Å². The largest absolute Gasteiger partial charge is 0.341 e. The van der Waals surface area contributed by atoms with Crippen molar-refractivity contribution in [1.82, 2.24) is 9.80 Å². The maximum Gasteiger partial charge on any atom is 0.258 e. The van der Waals surface area contributed by atoms with Crippen LogP contribution in [0.1, 0.15) is 49.9 Å². The molecule has 6 heteroatoms. The van der Waals surface area contributed by atoms with Crippen LogP contribution >= 0.6 is 0 Å². The lowest BCUT2D eigenvalue weighted by Gasteiger charge is -2.48. The monoisotopic (exact) mass is 355 g/mol. The molecule has 138 valence electrons. The van der Waals surface area contributed by atoms with Gasteiger partial charge in [0.25, 0.3) is 5.91 Å². The van der Waals surface area contributed by atoms with Gasteiger partial charge in [-0.25, -0.2) is 0 Å². The molecule has 1 atom stereocenters. The van der Waals surface area contributed by atoms with Crippen LogP contribution in [0.25, 0.3) is 0 Å². The molecule has 3 aliphatic heterocycles. The summed E-state index contributed by atoms with van der Waals surface area (Å²) in [6.45, 7) is 5.63. The fourth-order valence-electron chi connectivity index (χ4n) is 4.43. The molecule has 0 aromatic heterocycles. The molecular formula is C20H25N3O3. The first-order valence-corrected chi connectivity index (χ1v) is 9.43. The average Bonchev–Trinajstić information content (AvgIpc) is 2.95. The highest BCUT2D eigenvalue weighted by atomic mass is 16.2. The number of amides is 3. The first-order valence-electron chi connectivity index (χ1n) is 9.43. The number of para-hydroxylation sites is 1. The molecule has 0 aliphatic carbocycles. The SMILES string of the molecule is CC1CCN(C(=O)CN2C(=O)c3ccccc3N3C(=O)CCC23C)CC1. The van der Waals surface area contributed by atoms with Crippen molar-refractivity contribution in [3.8, 4) is 0 Å². The number of carbonyl (C=O) groups excluding carboxylic acids is 3. The second-order valence-electron chi connectivity index (χ2n) is 7.92. The van der Waals surface area contributed by atoms with Crippen LogP contribution in [0.5, 0.6) is 0 Å². The van der Waals surface area contributed by atoms with Crippen molar-refractivity contribution in [2.45, 2.75) is 45.2 Å². The molecular weight excluding hydrogens is 330 g/mol. The molecule has 1 aromatic carbocycles. The molecule has 1 aromatic rings. The Morgan fingerprint density at radius 1 is 1.19 bits per heavy atom. The van der Waals surface area contributed by atoms with E-state index in [2.05, 4.69) is 6.92 Å². The van der Waals surface area contributed by atoms with Gasteiger partial charge in [0, 0.05) is 19.5 Å². The van der Waals surface area contributed by atoms with Crippen molar-refractivity contribution in [3.05, 3.63) is 29.8 Å². The van der Waals surface area contributed by atoms with Crippen molar-refractivity contribution in [2.24, 2.45) is 5.92 Å². The fraction of sp³-hybridized carbons (Fsp3) is 0.550. The van der Waals surface area contributed by atoms with Gasteiger partial charge in [-0.15, -0.1) is 0 Å². The van der Waals surface area contributed by atoms with Crippen LogP contribution in [-0.2, 0) is 9.59 Å². The van der Waals surface area contributed by atoms with Gasteiger partial charge in [0.15, 0.2) is 0 Å². The average molecular weight is 355 g/mol. The lowest BCUT2D eigenvalue weighted by atomic mass is 9.97. The number of rotatable bonds is 2. The minimum Gasteiger partial charge on any atom is -0.341 e. The van der Waals surface area contributed by atoms with E-state index in [1.165, 1.54) is 0 Å². The lowest BCUT2D eigenvalue weighted by molar-refractivity contribution is -0.134. The van der Waals surface area contributed by atoms with E-state index in [9.17, 15) is 14.4 Å². The Morgan fingerprint density at radius 2 is 1.88 bits per heavy atom. The molecule has 6 nitrogen and oxygen atoms in total. The van der Waals surface area contributed by atoms with Crippen LogP contribution in [0, 0.1) is 5.92 Å². The third-order valence-corrected chi connectivity index (χ3v) is 6.18. The summed E-state index contributed by atoms with van der Waals surface area (Å²) in [6, 6.07) is 7.20. The Kier molecular flexibility index (Phi) is 4.01. The molecule has 0 radical (unpaired) electrons. The predicted octanol–water partition coefficient (Wildman–Crippen LogP) is 2.24. The minimum atomic E-state index is -0.763. The highest BCUT2D eigenvalue weighted by Crippen LogP contribution is 2.43. The molecule has 3 aliphatic rings. The molecule has 26 heavy (non-hydrogen) atoms. The van der Waals surface area contributed by atoms with Crippen LogP contribution in [0.3, 0.4) is 0 Å². The number of fused-ring (bicyclic) bond motifs is 3. The number of carbonyl (C=O) groups is 3. The van der Waals surface area contributed by atoms with Gasteiger partial charge in [0.2, 0.25) is 11.8 Å². The summed E-state index contributed by atoms with van der Waals surface area (Å²) >= 11 is 0. The van der Waals surface area contributed by atoms with Gasteiger partial charge in [0.05, 0.1) is 11.3 Å². The molecule has 1 unspecified atom stereocenters. The van der Waals surface area contributed by atoms with Gasteiger partial charge < -0.3 is 9.80 Å². The molecule has 0 saturated carbocycles. The van der Waals surface area contributed by atoms with Crippen molar-refractivity contribution >= 4 is 23.4 Å². The summed E-state index contributed by atoms with van der Waals surface area (Å²) in [5, 5.41) is 0. The Hall–Kier alpha value is -2.37. The normalized spacial score (nSPS) is 26.2. The van der Waals surface area contributed by atoms with Crippen LogP contribution < -0.4 is 4.90 Å². The summed E-state index contributed by atoms with van der Waals surface area (Å²) in [4.78, 5) is 43.8. The number of anilines is 1. The Balaban J connectivity index is 1.64. The fourth-order valence-corrected chi connectivity index (χ4v) is 4.43. The first-order chi connectivity index (χ1) is 12.4. The standard InChI is InChI=1S/C20H25N3O3/c1-14-8-11-21(12-9-14)18(25)13-22-19(26)15-5-3-4-6-16(15)23-17(24)7-10-20(22,23)2/h3-6,14H,7-13H2,1-2H3. The van der Waals surface area contributed by atoms with Crippen LogP contribution in [0.2, 0.25) is 0 Å². The topological polar surface area (TPSA) is 60.9 Å².